The van der Waals surface area contributed by atoms with E-state index in [9.17, 15) is 4.79 Å². The van der Waals surface area contributed by atoms with Gasteiger partial charge in [-0.1, -0.05) is 30.3 Å². The van der Waals surface area contributed by atoms with Crippen molar-refractivity contribution in [3.63, 3.8) is 0 Å². The number of aromatic nitrogens is 2. The zero-order valence-corrected chi connectivity index (χ0v) is 18.1. The lowest BCUT2D eigenvalue weighted by molar-refractivity contribution is 0.0946. The third kappa shape index (κ3) is 4.81. The minimum atomic E-state index is -0.177. The fraction of sp³-hybridized carbons (Fsp3) is 0.154. The van der Waals surface area contributed by atoms with Gasteiger partial charge in [0, 0.05) is 12.1 Å². The number of benzene rings is 3. The van der Waals surface area contributed by atoms with Crippen molar-refractivity contribution in [2.75, 3.05) is 20.8 Å². The molecule has 0 saturated heterocycles. The maximum atomic E-state index is 13.1. The first kappa shape index (κ1) is 21.2. The topological polar surface area (TPSA) is 65.4 Å². The molecular formula is C26H25N3O3. The van der Waals surface area contributed by atoms with Crippen LogP contribution in [0.1, 0.15) is 16.1 Å². The lowest BCUT2D eigenvalue weighted by atomic mass is 10.1. The molecule has 0 fully saturated rings. The molecule has 0 radical (unpaired) electrons. The van der Waals surface area contributed by atoms with Crippen LogP contribution in [0.3, 0.4) is 0 Å². The molecule has 3 aromatic carbocycles. The molecule has 0 atom stereocenters. The molecule has 162 valence electrons. The van der Waals surface area contributed by atoms with Crippen LogP contribution in [0.5, 0.6) is 11.5 Å². The first-order chi connectivity index (χ1) is 15.7. The number of nitrogens with one attached hydrogen (secondary N) is 1. The normalized spacial score (nSPS) is 10.6. The van der Waals surface area contributed by atoms with Crippen molar-refractivity contribution in [2.45, 2.75) is 6.42 Å². The van der Waals surface area contributed by atoms with E-state index in [0.29, 0.717) is 17.9 Å². The number of carbonyl (C=O) groups is 1. The summed E-state index contributed by atoms with van der Waals surface area (Å²) in [5.74, 6) is 1.33. The summed E-state index contributed by atoms with van der Waals surface area (Å²) < 4.78 is 12.2. The van der Waals surface area contributed by atoms with E-state index >= 15 is 0 Å². The highest BCUT2D eigenvalue weighted by molar-refractivity contribution is 5.94. The lowest BCUT2D eigenvalue weighted by Gasteiger charge is -2.09. The molecule has 0 aliphatic heterocycles. The average Bonchev–Trinajstić information content (AvgIpc) is 3.30. The van der Waals surface area contributed by atoms with E-state index in [4.69, 9.17) is 14.6 Å². The summed E-state index contributed by atoms with van der Waals surface area (Å²) in [4.78, 5) is 13.1. The molecule has 1 amide bonds. The molecule has 1 N–H and O–H groups in total. The summed E-state index contributed by atoms with van der Waals surface area (Å²) in [6, 6.07) is 27.0. The monoisotopic (exact) mass is 427 g/mol. The summed E-state index contributed by atoms with van der Waals surface area (Å²) in [5.41, 5.74) is 4.02. The highest BCUT2D eigenvalue weighted by atomic mass is 16.5. The molecule has 0 aliphatic rings. The van der Waals surface area contributed by atoms with Crippen molar-refractivity contribution in [2.24, 2.45) is 0 Å². The van der Waals surface area contributed by atoms with Gasteiger partial charge in [0.15, 0.2) is 0 Å². The Hall–Kier alpha value is -4.06. The van der Waals surface area contributed by atoms with E-state index in [-0.39, 0.29) is 5.91 Å². The molecule has 0 unspecified atom stereocenters. The molecule has 0 bridgehead atoms. The SMILES string of the molecule is COc1ccc(-c2cc(C(=O)NCCc3ccccc3)n(-c3ccc(OC)cc3)n2)cc1. The van der Waals surface area contributed by atoms with E-state index in [1.807, 2.05) is 72.8 Å². The standard InChI is InChI=1S/C26H25N3O3/c1-31-22-12-8-20(9-13-22)24-18-25(26(30)27-17-16-19-6-4-3-5-7-19)29(28-24)21-10-14-23(32-2)15-11-21/h3-15,18H,16-17H2,1-2H3,(H,27,30). The van der Waals surface area contributed by atoms with E-state index < -0.39 is 0 Å². The maximum absolute atomic E-state index is 13.1. The smallest absolute Gasteiger partial charge is 0.270 e. The zero-order valence-electron chi connectivity index (χ0n) is 18.1. The fourth-order valence-electron chi connectivity index (χ4n) is 3.42. The lowest BCUT2D eigenvalue weighted by Crippen LogP contribution is -2.27. The molecule has 32 heavy (non-hydrogen) atoms. The van der Waals surface area contributed by atoms with Gasteiger partial charge in [0.1, 0.15) is 17.2 Å². The van der Waals surface area contributed by atoms with Crippen molar-refractivity contribution < 1.29 is 14.3 Å². The Morgan fingerprint density at radius 2 is 1.50 bits per heavy atom. The Morgan fingerprint density at radius 1 is 0.875 bits per heavy atom. The van der Waals surface area contributed by atoms with Crippen molar-refractivity contribution >= 4 is 5.91 Å². The predicted molar refractivity (Wildman–Crippen MR) is 125 cm³/mol. The Morgan fingerprint density at radius 3 is 2.12 bits per heavy atom. The predicted octanol–water partition coefficient (Wildman–Crippen LogP) is 4.53. The third-order valence-corrected chi connectivity index (χ3v) is 5.19. The number of hydrogen-bond donors (Lipinski definition) is 1. The van der Waals surface area contributed by atoms with Crippen molar-refractivity contribution in [3.05, 3.63) is 96.2 Å². The molecule has 0 saturated carbocycles. The molecule has 1 aromatic heterocycles. The average molecular weight is 428 g/mol. The summed E-state index contributed by atoms with van der Waals surface area (Å²) in [6.45, 7) is 0.536. The van der Waals surface area contributed by atoms with Gasteiger partial charge in [0.25, 0.3) is 5.91 Å². The van der Waals surface area contributed by atoms with Crippen molar-refractivity contribution in [1.29, 1.82) is 0 Å². The van der Waals surface area contributed by atoms with E-state index in [2.05, 4.69) is 17.4 Å². The minimum absolute atomic E-state index is 0.177. The second-order valence-corrected chi connectivity index (χ2v) is 7.24. The number of carbonyl (C=O) groups excluding carboxylic acids is 1. The van der Waals surface area contributed by atoms with E-state index in [1.165, 1.54) is 5.56 Å². The van der Waals surface area contributed by atoms with Crippen LogP contribution >= 0.6 is 0 Å². The summed E-state index contributed by atoms with van der Waals surface area (Å²) >= 11 is 0. The van der Waals surface area contributed by atoms with Gasteiger partial charge in [-0.2, -0.15) is 5.10 Å². The Bertz CT molecular complexity index is 1170. The second kappa shape index (κ2) is 9.83. The van der Waals surface area contributed by atoms with E-state index in [0.717, 1.165) is 29.2 Å². The van der Waals surface area contributed by atoms with Crippen LogP contribution in [0.15, 0.2) is 84.9 Å². The number of nitrogens with zero attached hydrogens (tertiary/aromatic N) is 2. The molecule has 1 heterocycles. The first-order valence-corrected chi connectivity index (χ1v) is 10.4. The summed E-state index contributed by atoms with van der Waals surface area (Å²) in [7, 11) is 3.25. The minimum Gasteiger partial charge on any atom is -0.497 e. The quantitative estimate of drug-likeness (QED) is 0.449. The van der Waals surface area contributed by atoms with Crippen LogP contribution in [0, 0.1) is 0 Å². The fourth-order valence-corrected chi connectivity index (χ4v) is 3.42. The van der Waals surface area contributed by atoms with Crippen LogP contribution in [-0.2, 0) is 6.42 Å². The van der Waals surface area contributed by atoms with Gasteiger partial charge >= 0.3 is 0 Å². The summed E-state index contributed by atoms with van der Waals surface area (Å²) in [6.07, 6.45) is 0.759. The summed E-state index contributed by atoms with van der Waals surface area (Å²) in [5, 5.41) is 7.74. The molecule has 4 rings (SSSR count). The molecule has 0 aliphatic carbocycles. The first-order valence-electron chi connectivity index (χ1n) is 10.4. The Labute approximate surface area is 187 Å². The van der Waals surface area contributed by atoms with Crippen LogP contribution < -0.4 is 14.8 Å². The van der Waals surface area contributed by atoms with Crippen LogP contribution in [0.4, 0.5) is 0 Å². The third-order valence-electron chi connectivity index (χ3n) is 5.19. The van der Waals surface area contributed by atoms with E-state index in [1.54, 1.807) is 18.9 Å². The highest BCUT2D eigenvalue weighted by Gasteiger charge is 2.17. The number of hydrogen-bond acceptors (Lipinski definition) is 4. The van der Waals surface area contributed by atoms with Crippen molar-refractivity contribution in [3.8, 4) is 28.4 Å². The van der Waals surface area contributed by atoms with Gasteiger partial charge in [-0.05, 0) is 66.6 Å². The molecular weight excluding hydrogens is 402 g/mol. The zero-order chi connectivity index (χ0) is 22.3. The van der Waals surface area contributed by atoms with Crippen molar-refractivity contribution in [1.82, 2.24) is 15.1 Å². The number of ether oxygens (including phenoxy) is 2. The molecule has 0 spiro atoms. The van der Waals surface area contributed by atoms with Crippen LogP contribution in [0.25, 0.3) is 16.9 Å². The van der Waals surface area contributed by atoms with Gasteiger partial charge < -0.3 is 14.8 Å². The Balaban J connectivity index is 1.61. The second-order valence-electron chi connectivity index (χ2n) is 7.24. The van der Waals surface area contributed by atoms with Crippen LogP contribution in [0.2, 0.25) is 0 Å². The molecule has 6 heteroatoms. The van der Waals surface area contributed by atoms with Gasteiger partial charge in [0.05, 0.1) is 25.6 Å². The Kier molecular flexibility index (Phi) is 6.51. The van der Waals surface area contributed by atoms with Gasteiger partial charge in [-0.15, -0.1) is 0 Å². The highest BCUT2D eigenvalue weighted by Crippen LogP contribution is 2.25. The van der Waals surface area contributed by atoms with Gasteiger partial charge in [-0.3, -0.25) is 4.79 Å². The van der Waals surface area contributed by atoms with Gasteiger partial charge in [0.2, 0.25) is 0 Å². The number of rotatable bonds is 8. The molecule has 4 aromatic rings. The van der Waals surface area contributed by atoms with Gasteiger partial charge in [-0.25, -0.2) is 4.68 Å². The molecule has 6 nitrogen and oxygen atoms in total. The number of amides is 1. The number of methoxy groups -OCH3 is 2. The van der Waals surface area contributed by atoms with Crippen LogP contribution in [-0.4, -0.2) is 36.5 Å². The largest absolute Gasteiger partial charge is 0.497 e. The maximum Gasteiger partial charge on any atom is 0.270 e.